The van der Waals surface area contributed by atoms with Gasteiger partial charge in [0.2, 0.25) is 0 Å². The molecule has 1 aliphatic heterocycles. The van der Waals surface area contributed by atoms with Crippen LogP contribution in [0.25, 0.3) is 11.3 Å². The van der Waals surface area contributed by atoms with Crippen LogP contribution in [-0.4, -0.2) is 52.2 Å². The van der Waals surface area contributed by atoms with Gasteiger partial charge in [0.05, 0.1) is 10.6 Å². The van der Waals surface area contributed by atoms with Crippen LogP contribution in [0.3, 0.4) is 0 Å². The Kier molecular flexibility index (Phi) is 6.72. The van der Waals surface area contributed by atoms with Crippen molar-refractivity contribution in [3.05, 3.63) is 80.1 Å². The molecule has 3 aromatic rings. The first-order valence-corrected chi connectivity index (χ1v) is 11.6. The monoisotopic (exact) mass is 462 g/mol. The fraction of sp³-hybridized carbons (Fsp3) is 0.261. The molecule has 0 aliphatic carbocycles. The molecule has 2 aromatic carbocycles. The molecule has 168 valence electrons. The van der Waals surface area contributed by atoms with E-state index < -0.39 is 10.5 Å². The number of aromatic amines is 1. The van der Waals surface area contributed by atoms with Gasteiger partial charge in [0, 0.05) is 44.4 Å². The molecule has 4 rings (SSSR count). The van der Waals surface area contributed by atoms with Gasteiger partial charge in [0.15, 0.2) is 5.16 Å². The highest BCUT2D eigenvalue weighted by Gasteiger charge is 2.25. The summed E-state index contributed by atoms with van der Waals surface area (Å²) in [7, 11) is 0. The number of hydrogen-bond acceptors (Lipinski definition) is 8. The summed E-state index contributed by atoms with van der Waals surface area (Å²) < 4.78 is 0. The van der Waals surface area contributed by atoms with Gasteiger partial charge >= 0.3 is 0 Å². The molecule has 1 aromatic heterocycles. The Labute approximate surface area is 194 Å². The molecule has 33 heavy (non-hydrogen) atoms. The molecule has 0 unspecified atom stereocenters. The third-order valence-electron chi connectivity index (χ3n) is 5.61. The number of nitro groups is 1. The van der Waals surface area contributed by atoms with Crippen LogP contribution in [0.5, 0.6) is 0 Å². The van der Waals surface area contributed by atoms with Gasteiger partial charge in [-0.05, 0) is 17.9 Å². The van der Waals surface area contributed by atoms with Gasteiger partial charge in [0.25, 0.3) is 11.2 Å². The van der Waals surface area contributed by atoms with Crippen molar-refractivity contribution in [2.45, 2.75) is 11.7 Å². The first-order valence-electron chi connectivity index (χ1n) is 10.4. The quantitative estimate of drug-likeness (QED) is 0.257. The Hall–Kier alpha value is -3.68. The molecule has 0 spiro atoms. The van der Waals surface area contributed by atoms with Crippen molar-refractivity contribution in [1.29, 1.82) is 5.26 Å². The Balaban J connectivity index is 1.59. The molecule has 1 saturated heterocycles. The van der Waals surface area contributed by atoms with E-state index in [1.807, 2.05) is 29.2 Å². The lowest BCUT2D eigenvalue weighted by atomic mass is 10.1. The zero-order valence-corrected chi connectivity index (χ0v) is 18.8. The molecule has 0 bridgehead atoms. The summed E-state index contributed by atoms with van der Waals surface area (Å²) in [5.41, 5.74) is 1.48. The predicted octanol–water partition coefficient (Wildman–Crippen LogP) is 3.26. The van der Waals surface area contributed by atoms with E-state index in [0.29, 0.717) is 29.5 Å². The molecular weight excluding hydrogens is 440 g/mol. The second-order valence-electron chi connectivity index (χ2n) is 7.62. The summed E-state index contributed by atoms with van der Waals surface area (Å²) in [5.74, 6) is 0. The van der Waals surface area contributed by atoms with E-state index in [1.54, 1.807) is 18.4 Å². The van der Waals surface area contributed by atoms with E-state index >= 15 is 0 Å². The minimum atomic E-state index is -0.562. The maximum Gasteiger partial charge on any atom is 0.293 e. The summed E-state index contributed by atoms with van der Waals surface area (Å²) in [6.45, 7) is 3.75. The maximum atomic E-state index is 12.2. The number of benzene rings is 2. The molecule has 9 nitrogen and oxygen atoms in total. The zero-order valence-electron chi connectivity index (χ0n) is 18.0. The second-order valence-corrected chi connectivity index (χ2v) is 8.41. The molecule has 2 heterocycles. The van der Waals surface area contributed by atoms with Crippen LogP contribution in [0.1, 0.15) is 11.1 Å². The van der Waals surface area contributed by atoms with E-state index in [-0.39, 0.29) is 16.9 Å². The average molecular weight is 463 g/mol. The van der Waals surface area contributed by atoms with Crippen LogP contribution in [-0.2, 0) is 6.54 Å². The van der Waals surface area contributed by atoms with Crippen molar-refractivity contribution in [3.8, 4) is 17.3 Å². The molecule has 0 amide bonds. The van der Waals surface area contributed by atoms with Crippen molar-refractivity contribution in [3.63, 3.8) is 0 Å². The Morgan fingerprint density at radius 3 is 2.55 bits per heavy atom. The lowest BCUT2D eigenvalue weighted by Gasteiger charge is -2.35. The molecule has 1 N–H and O–H groups in total. The molecule has 0 atom stereocenters. The molecule has 10 heteroatoms. The number of nitriles is 1. The molecule has 0 radical (unpaired) electrons. The topological polar surface area (TPSA) is 119 Å². The van der Waals surface area contributed by atoms with Crippen molar-refractivity contribution >= 4 is 23.1 Å². The summed E-state index contributed by atoms with van der Waals surface area (Å²) in [4.78, 5) is 34.9. The minimum Gasteiger partial charge on any atom is -0.363 e. The number of piperazine rings is 1. The van der Waals surface area contributed by atoms with Gasteiger partial charge in [0.1, 0.15) is 17.3 Å². The first-order chi connectivity index (χ1) is 16.0. The van der Waals surface area contributed by atoms with Gasteiger partial charge in [-0.15, -0.1) is 0 Å². The van der Waals surface area contributed by atoms with Crippen LogP contribution >= 0.6 is 11.8 Å². The SMILES string of the molecule is CSc1nc(-c2ccc(N3CCN(Cc4ccccc4)CC3)c([N+](=O)[O-])c2)c(C#N)c(=O)[nH]1. The number of nitro benzene ring substituents is 1. The number of hydrogen-bond donors (Lipinski definition) is 1. The number of rotatable bonds is 6. The summed E-state index contributed by atoms with van der Waals surface area (Å²) in [5, 5.41) is 21.7. The van der Waals surface area contributed by atoms with Gasteiger partial charge in [-0.2, -0.15) is 5.26 Å². The van der Waals surface area contributed by atoms with E-state index in [0.717, 1.165) is 19.6 Å². The number of thioether (sulfide) groups is 1. The molecule has 1 fully saturated rings. The smallest absolute Gasteiger partial charge is 0.293 e. The third-order valence-corrected chi connectivity index (χ3v) is 6.19. The number of H-pyrrole nitrogens is 1. The standard InChI is InChI=1S/C23H22N6O3S/c1-33-23-25-21(18(14-24)22(30)26-23)17-7-8-19(20(13-17)29(31)32)28-11-9-27(10-12-28)15-16-5-3-2-4-6-16/h2-8,13H,9-12,15H2,1H3,(H,25,26,30). The fourth-order valence-corrected chi connectivity index (χ4v) is 4.31. The van der Waals surface area contributed by atoms with Crippen molar-refractivity contribution < 1.29 is 4.92 Å². The maximum absolute atomic E-state index is 12.2. The van der Waals surface area contributed by atoms with Crippen LogP contribution in [0.15, 0.2) is 58.5 Å². The van der Waals surface area contributed by atoms with Crippen LogP contribution in [0.4, 0.5) is 11.4 Å². The van der Waals surface area contributed by atoms with Crippen LogP contribution in [0, 0.1) is 21.4 Å². The van der Waals surface area contributed by atoms with Crippen LogP contribution < -0.4 is 10.5 Å². The lowest BCUT2D eigenvalue weighted by molar-refractivity contribution is -0.384. The summed E-state index contributed by atoms with van der Waals surface area (Å²) in [6.07, 6.45) is 1.75. The lowest BCUT2D eigenvalue weighted by Crippen LogP contribution is -2.46. The van der Waals surface area contributed by atoms with Crippen molar-refractivity contribution in [2.24, 2.45) is 0 Å². The minimum absolute atomic E-state index is 0.0688. The van der Waals surface area contributed by atoms with Crippen LogP contribution in [0.2, 0.25) is 0 Å². The Bertz CT molecular complexity index is 1260. The summed E-state index contributed by atoms with van der Waals surface area (Å²) >= 11 is 1.23. The van der Waals surface area contributed by atoms with E-state index in [2.05, 4.69) is 27.0 Å². The predicted molar refractivity (Wildman–Crippen MR) is 127 cm³/mol. The van der Waals surface area contributed by atoms with E-state index in [1.165, 1.54) is 23.4 Å². The molecular formula is C23H22N6O3S. The summed E-state index contributed by atoms with van der Waals surface area (Å²) in [6, 6.07) is 16.9. The van der Waals surface area contributed by atoms with Crippen molar-refractivity contribution in [2.75, 3.05) is 37.3 Å². The third kappa shape index (κ3) is 4.89. The van der Waals surface area contributed by atoms with Crippen molar-refractivity contribution in [1.82, 2.24) is 14.9 Å². The number of nitrogens with zero attached hydrogens (tertiary/aromatic N) is 5. The van der Waals surface area contributed by atoms with Gasteiger partial charge in [-0.1, -0.05) is 48.2 Å². The first kappa shape index (κ1) is 22.5. The largest absolute Gasteiger partial charge is 0.363 e. The number of nitrogens with one attached hydrogen (secondary N) is 1. The van der Waals surface area contributed by atoms with Gasteiger partial charge < -0.3 is 9.88 Å². The fourth-order valence-electron chi connectivity index (χ4n) is 3.93. The zero-order chi connectivity index (χ0) is 23.4. The molecule has 0 saturated carbocycles. The molecule has 1 aliphatic rings. The second kappa shape index (κ2) is 9.85. The Morgan fingerprint density at radius 1 is 1.18 bits per heavy atom. The van der Waals surface area contributed by atoms with E-state index in [4.69, 9.17) is 0 Å². The highest BCUT2D eigenvalue weighted by molar-refractivity contribution is 7.98. The normalized spacial score (nSPS) is 14.1. The number of anilines is 1. The highest BCUT2D eigenvalue weighted by Crippen LogP contribution is 2.34. The Morgan fingerprint density at radius 2 is 1.91 bits per heavy atom. The average Bonchev–Trinajstić information content (AvgIpc) is 2.84. The van der Waals surface area contributed by atoms with Gasteiger partial charge in [-0.25, -0.2) is 4.98 Å². The number of aromatic nitrogens is 2. The van der Waals surface area contributed by atoms with E-state index in [9.17, 15) is 20.2 Å². The highest BCUT2D eigenvalue weighted by atomic mass is 32.2. The van der Waals surface area contributed by atoms with Gasteiger partial charge in [-0.3, -0.25) is 19.8 Å².